The molecule has 1 amide bonds. The average molecular weight is 314 g/mol. The first-order valence-electron chi connectivity index (χ1n) is 7.79. The van der Waals surface area contributed by atoms with Crippen molar-refractivity contribution in [3.05, 3.63) is 42.1 Å². The topological polar surface area (TPSA) is 62.7 Å². The third-order valence-electron chi connectivity index (χ3n) is 3.88. The Bertz CT molecular complexity index is 725. The number of ether oxygens (including phenoxy) is 1. The van der Waals surface area contributed by atoms with Crippen LogP contribution in [-0.4, -0.2) is 45.4 Å². The fourth-order valence-corrected chi connectivity index (χ4v) is 2.90. The maximum atomic E-state index is 12.0. The zero-order chi connectivity index (χ0) is 16.7. The molecular weight excluding hydrogens is 292 g/mol. The van der Waals surface area contributed by atoms with Crippen molar-refractivity contribution < 1.29 is 14.6 Å². The van der Waals surface area contributed by atoms with Gasteiger partial charge in [0.2, 0.25) is 0 Å². The lowest BCUT2D eigenvalue weighted by molar-refractivity contribution is -0.0972. The molecule has 5 nitrogen and oxygen atoms in total. The smallest absolute Gasteiger partial charge is 0.410 e. The normalized spacial score (nSPS) is 17.0. The van der Waals surface area contributed by atoms with Crippen molar-refractivity contribution in [3.8, 4) is 0 Å². The Morgan fingerprint density at radius 3 is 2.70 bits per heavy atom. The van der Waals surface area contributed by atoms with Crippen LogP contribution in [0.5, 0.6) is 0 Å². The van der Waals surface area contributed by atoms with Gasteiger partial charge in [0.05, 0.1) is 18.6 Å². The van der Waals surface area contributed by atoms with Crippen LogP contribution in [0.25, 0.3) is 10.9 Å². The molecule has 0 radical (unpaired) electrons. The fourth-order valence-electron chi connectivity index (χ4n) is 2.90. The maximum Gasteiger partial charge on any atom is 0.410 e. The van der Waals surface area contributed by atoms with E-state index in [-0.39, 0.29) is 6.09 Å². The lowest BCUT2D eigenvalue weighted by atomic mass is 9.86. The number of β-amino-alcohol motifs (C(OH)–C–C–N with tert-alkyl or cyclic N) is 1. The summed E-state index contributed by atoms with van der Waals surface area (Å²) in [4.78, 5) is 17.8. The van der Waals surface area contributed by atoms with Gasteiger partial charge in [-0.3, -0.25) is 4.98 Å². The first-order chi connectivity index (χ1) is 10.8. The number of carbonyl (C=O) groups is 1. The number of pyridine rings is 1. The van der Waals surface area contributed by atoms with Gasteiger partial charge < -0.3 is 14.7 Å². The fraction of sp³-hybridized carbons (Fsp3) is 0.444. The number of carbonyl (C=O) groups excluding carboxylic acids is 1. The monoisotopic (exact) mass is 314 g/mol. The number of likely N-dealkylation sites (tertiary alicyclic amines) is 1. The highest BCUT2D eigenvalue weighted by Crippen LogP contribution is 2.29. The van der Waals surface area contributed by atoms with E-state index in [9.17, 15) is 9.90 Å². The van der Waals surface area contributed by atoms with Crippen LogP contribution in [0.1, 0.15) is 26.3 Å². The largest absolute Gasteiger partial charge is 0.444 e. The molecule has 0 unspecified atom stereocenters. The van der Waals surface area contributed by atoms with Crippen LogP contribution in [0.15, 0.2) is 36.5 Å². The van der Waals surface area contributed by atoms with Crippen LogP contribution in [0, 0.1) is 0 Å². The standard InChI is InChI=1S/C18H22N2O3/c1-17(2,3)23-16(21)20-11-18(22,12-20)10-13-8-9-19-15-7-5-4-6-14(13)15/h4-9,22H,10-12H2,1-3H3. The van der Waals surface area contributed by atoms with E-state index in [0.29, 0.717) is 19.5 Å². The third-order valence-corrected chi connectivity index (χ3v) is 3.88. The van der Waals surface area contributed by atoms with Gasteiger partial charge in [-0.25, -0.2) is 4.79 Å². The summed E-state index contributed by atoms with van der Waals surface area (Å²) in [6.45, 7) is 6.08. The van der Waals surface area contributed by atoms with Gasteiger partial charge in [0.25, 0.3) is 0 Å². The predicted octanol–water partition coefficient (Wildman–Crippen LogP) is 2.76. The molecule has 1 aliphatic rings. The summed E-state index contributed by atoms with van der Waals surface area (Å²) in [5.41, 5.74) is 0.534. The number of nitrogens with zero attached hydrogens (tertiary/aromatic N) is 2. The van der Waals surface area contributed by atoms with Crippen molar-refractivity contribution in [2.75, 3.05) is 13.1 Å². The highest BCUT2D eigenvalue weighted by Gasteiger charge is 2.45. The van der Waals surface area contributed by atoms with Crippen LogP contribution < -0.4 is 0 Å². The molecule has 0 atom stereocenters. The summed E-state index contributed by atoms with van der Waals surface area (Å²) >= 11 is 0. The van der Waals surface area contributed by atoms with Crippen LogP contribution >= 0.6 is 0 Å². The average Bonchev–Trinajstić information content (AvgIpc) is 2.43. The summed E-state index contributed by atoms with van der Waals surface area (Å²) < 4.78 is 5.32. The molecule has 1 saturated heterocycles. The van der Waals surface area contributed by atoms with Gasteiger partial charge in [-0.2, -0.15) is 0 Å². The van der Waals surface area contributed by atoms with E-state index in [2.05, 4.69) is 4.98 Å². The highest BCUT2D eigenvalue weighted by molar-refractivity contribution is 5.82. The molecule has 0 spiro atoms. The Balaban J connectivity index is 1.69. The molecule has 2 aromatic rings. The third kappa shape index (κ3) is 3.45. The van der Waals surface area contributed by atoms with Gasteiger partial charge in [-0.15, -0.1) is 0 Å². The summed E-state index contributed by atoms with van der Waals surface area (Å²) in [5.74, 6) is 0. The lowest BCUT2D eigenvalue weighted by Crippen LogP contribution is -2.65. The van der Waals surface area contributed by atoms with Crippen molar-refractivity contribution in [2.45, 2.75) is 38.4 Å². The Kier molecular flexibility index (Phi) is 3.76. The van der Waals surface area contributed by atoms with E-state index in [1.54, 1.807) is 6.20 Å². The summed E-state index contributed by atoms with van der Waals surface area (Å²) in [5, 5.41) is 11.7. The molecule has 1 fully saturated rings. The van der Waals surface area contributed by atoms with E-state index in [4.69, 9.17) is 4.74 Å². The van der Waals surface area contributed by atoms with Crippen molar-refractivity contribution in [1.29, 1.82) is 0 Å². The summed E-state index contributed by atoms with van der Waals surface area (Å²) in [7, 11) is 0. The van der Waals surface area contributed by atoms with E-state index in [1.165, 1.54) is 4.90 Å². The number of aliphatic hydroxyl groups is 1. The molecule has 2 heterocycles. The Labute approximate surface area is 135 Å². The van der Waals surface area contributed by atoms with Crippen molar-refractivity contribution in [3.63, 3.8) is 0 Å². The highest BCUT2D eigenvalue weighted by atomic mass is 16.6. The molecule has 1 aliphatic heterocycles. The number of hydrogen-bond donors (Lipinski definition) is 1. The van der Waals surface area contributed by atoms with Crippen LogP contribution in [0.3, 0.4) is 0 Å². The van der Waals surface area contributed by atoms with E-state index < -0.39 is 11.2 Å². The quantitative estimate of drug-likeness (QED) is 0.926. The van der Waals surface area contributed by atoms with Crippen LogP contribution in [0.2, 0.25) is 0 Å². The van der Waals surface area contributed by atoms with Gasteiger partial charge in [0.15, 0.2) is 0 Å². The van der Waals surface area contributed by atoms with Crippen LogP contribution in [-0.2, 0) is 11.2 Å². The van der Waals surface area contributed by atoms with Crippen LogP contribution in [0.4, 0.5) is 4.79 Å². The predicted molar refractivity (Wildman–Crippen MR) is 88.2 cm³/mol. The van der Waals surface area contributed by atoms with Gasteiger partial charge in [0.1, 0.15) is 11.2 Å². The molecule has 0 aliphatic carbocycles. The number of para-hydroxylation sites is 1. The second-order valence-electron chi connectivity index (χ2n) is 7.22. The Morgan fingerprint density at radius 2 is 2.00 bits per heavy atom. The summed E-state index contributed by atoms with van der Waals surface area (Å²) in [6.07, 6.45) is 1.88. The van der Waals surface area contributed by atoms with E-state index in [1.807, 2.05) is 51.1 Å². The molecule has 5 heteroatoms. The second-order valence-corrected chi connectivity index (χ2v) is 7.22. The first kappa shape index (κ1) is 15.7. The zero-order valence-corrected chi connectivity index (χ0v) is 13.7. The molecule has 1 N–H and O–H groups in total. The minimum atomic E-state index is -0.902. The number of amides is 1. The first-order valence-corrected chi connectivity index (χ1v) is 7.79. The number of hydrogen-bond acceptors (Lipinski definition) is 4. The minimum absolute atomic E-state index is 0.290. The van der Waals surface area contributed by atoms with E-state index in [0.717, 1.165) is 16.5 Å². The molecule has 1 aromatic carbocycles. The number of benzene rings is 1. The molecule has 122 valence electrons. The molecule has 23 heavy (non-hydrogen) atoms. The maximum absolute atomic E-state index is 12.0. The van der Waals surface area contributed by atoms with Crippen molar-refractivity contribution in [1.82, 2.24) is 9.88 Å². The number of aromatic nitrogens is 1. The lowest BCUT2D eigenvalue weighted by Gasteiger charge is -2.46. The van der Waals surface area contributed by atoms with E-state index >= 15 is 0 Å². The Hall–Kier alpha value is -2.14. The second kappa shape index (κ2) is 5.49. The number of rotatable bonds is 2. The molecule has 3 rings (SSSR count). The Morgan fingerprint density at radius 1 is 1.30 bits per heavy atom. The van der Waals surface area contributed by atoms with Gasteiger partial charge in [0, 0.05) is 18.0 Å². The minimum Gasteiger partial charge on any atom is -0.444 e. The van der Waals surface area contributed by atoms with Crippen molar-refractivity contribution >= 4 is 17.0 Å². The molecule has 0 bridgehead atoms. The van der Waals surface area contributed by atoms with Gasteiger partial charge >= 0.3 is 6.09 Å². The van der Waals surface area contributed by atoms with Gasteiger partial charge in [-0.05, 0) is 38.5 Å². The molecule has 1 aromatic heterocycles. The van der Waals surface area contributed by atoms with Crippen molar-refractivity contribution in [2.24, 2.45) is 0 Å². The summed E-state index contributed by atoms with van der Waals surface area (Å²) in [6, 6.07) is 9.80. The molecule has 0 saturated carbocycles. The number of fused-ring (bicyclic) bond motifs is 1. The SMILES string of the molecule is CC(C)(C)OC(=O)N1CC(O)(Cc2ccnc3ccccc23)C1. The molecular formula is C18H22N2O3. The zero-order valence-electron chi connectivity index (χ0n) is 13.7. The van der Waals surface area contributed by atoms with Gasteiger partial charge in [-0.1, -0.05) is 18.2 Å².